The highest BCUT2D eigenvalue weighted by molar-refractivity contribution is 5.98. The molecule has 1 aromatic heterocycles. The van der Waals surface area contributed by atoms with Crippen molar-refractivity contribution in [2.24, 2.45) is 0 Å². The molecule has 0 spiro atoms. The van der Waals surface area contributed by atoms with E-state index in [1.807, 2.05) is 39.0 Å². The number of hydrogen-bond acceptors (Lipinski definition) is 4. The van der Waals surface area contributed by atoms with Crippen LogP contribution in [0.2, 0.25) is 0 Å². The monoisotopic (exact) mass is 356 g/mol. The van der Waals surface area contributed by atoms with Crippen molar-refractivity contribution in [1.82, 2.24) is 15.1 Å². The Balaban J connectivity index is 1.98. The van der Waals surface area contributed by atoms with Crippen LogP contribution in [0.15, 0.2) is 35.1 Å². The van der Waals surface area contributed by atoms with Crippen LogP contribution in [-0.2, 0) is 11.3 Å². The topological polar surface area (TPSA) is 93.1 Å². The Morgan fingerprint density at radius 3 is 2.46 bits per heavy atom. The number of nitrogens with one attached hydrogen (secondary N) is 2. The molecule has 0 aliphatic rings. The van der Waals surface area contributed by atoms with E-state index in [2.05, 4.69) is 15.7 Å². The zero-order chi connectivity index (χ0) is 19.1. The third kappa shape index (κ3) is 5.02. The van der Waals surface area contributed by atoms with E-state index in [0.29, 0.717) is 6.54 Å². The standard InChI is InChI=1S/C19H24N4O3/c1-4-5-11-23-17(25)10-9-15(22-23)19(26)20-12-16(24)21-18-13(2)7-6-8-14(18)3/h6-10H,4-5,11-12H2,1-3H3,(H,20,26)(H,21,24). The van der Waals surface area contributed by atoms with Crippen LogP contribution in [0.5, 0.6) is 0 Å². The van der Waals surface area contributed by atoms with Gasteiger partial charge in [-0.25, -0.2) is 4.68 Å². The summed E-state index contributed by atoms with van der Waals surface area (Å²) in [6.45, 7) is 6.11. The van der Waals surface area contributed by atoms with Crippen LogP contribution in [0, 0.1) is 13.8 Å². The van der Waals surface area contributed by atoms with Gasteiger partial charge in [0.2, 0.25) is 5.91 Å². The van der Waals surface area contributed by atoms with Gasteiger partial charge in [-0.05, 0) is 37.5 Å². The van der Waals surface area contributed by atoms with Crippen molar-refractivity contribution >= 4 is 17.5 Å². The average Bonchev–Trinajstić information content (AvgIpc) is 2.62. The predicted molar refractivity (Wildman–Crippen MR) is 100 cm³/mol. The fourth-order valence-corrected chi connectivity index (χ4v) is 2.48. The lowest BCUT2D eigenvalue weighted by Crippen LogP contribution is -2.35. The summed E-state index contributed by atoms with van der Waals surface area (Å²) in [5.41, 5.74) is 2.52. The van der Waals surface area contributed by atoms with Crippen molar-refractivity contribution in [3.8, 4) is 0 Å². The summed E-state index contributed by atoms with van der Waals surface area (Å²) in [7, 11) is 0. The zero-order valence-electron chi connectivity index (χ0n) is 15.3. The number of nitrogens with zero attached hydrogens (tertiary/aromatic N) is 2. The maximum atomic E-state index is 12.2. The average molecular weight is 356 g/mol. The Morgan fingerprint density at radius 2 is 1.81 bits per heavy atom. The van der Waals surface area contributed by atoms with Crippen LogP contribution in [0.3, 0.4) is 0 Å². The summed E-state index contributed by atoms with van der Waals surface area (Å²) in [4.78, 5) is 36.1. The summed E-state index contributed by atoms with van der Waals surface area (Å²) in [5, 5.41) is 9.40. The van der Waals surface area contributed by atoms with Crippen molar-refractivity contribution in [3.05, 3.63) is 57.5 Å². The minimum absolute atomic E-state index is 0.112. The highest BCUT2D eigenvalue weighted by atomic mass is 16.2. The molecule has 26 heavy (non-hydrogen) atoms. The number of aromatic nitrogens is 2. The van der Waals surface area contributed by atoms with E-state index in [9.17, 15) is 14.4 Å². The van der Waals surface area contributed by atoms with Gasteiger partial charge in [0, 0.05) is 18.3 Å². The lowest BCUT2D eigenvalue weighted by molar-refractivity contribution is -0.115. The summed E-state index contributed by atoms with van der Waals surface area (Å²) >= 11 is 0. The number of hydrogen-bond donors (Lipinski definition) is 2. The predicted octanol–water partition coefficient (Wildman–Crippen LogP) is 2.03. The summed E-state index contributed by atoms with van der Waals surface area (Å²) in [5.74, 6) is -0.818. The third-order valence-electron chi connectivity index (χ3n) is 3.98. The van der Waals surface area contributed by atoms with Crippen LogP contribution in [-0.4, -0.2) is 28.1 Å². The van der Waals surface area contributed by atoms with Crippen molar-refractivity contribution in [2.45, 2.75) is 40.2 Å². The number of carbonyl (C=O) groups is 2. The highest BCUT2D eigenvalue weighted by Gasteiger charge is 2.12. The number of carbonyl (C=O) groups excluding carboxylic acids is 2. The lowest BCUT2D eigenvalue weighted by Gasteiger charge is -2.12. The minimum atomic E-state index is -0.494. The molecule has 1 aromatic carbocycles. The summed E-state index contributed by atoms with van der Waals surface area (Å²) in [6, 6.07) is 8.41. The van der Waals surface area contributed by atoms with E-state index in [1.165, 1.54) is 16.8 Å². The minimum Gasteiger partial charge on any atom is -0.342 e. The lowest BCUT2D eigenvalue weighted by atomic mass is 10.1. The molecule has 138 valence electrons. The number of rotatable bonds is 7. The second-order valence-corrected chi connectivity index (χ2v) is 6.13. The van der Waals surface area contributed by atoms with E-state index >= 15 is 0 Å². The molecule has 0 saturated carbocycles. The molecular formula is C19H24N4O3. The first-order chi connectivity index (χ1) is 12.4. The van der Waals surface area contributed by atoms with Crippen LogP contribution in [0.25, 0.3) is 0 Å². The van der Waals surface area contributed by atoms with Gasteiger partial charge in [-0.15, -0.1) is 0 Å². The molecule has 0 atom stereocenters. The summed E-state index contributed by atoms with van der Waals surface area (Å²) in [6.07, 6.45) is 1.72. The quantitative estimate of drug-likeness (QED) is 0.794. The van der Waals surface area contributed by atoms with Gasteiger partial charge in [-0.2, -0.15) is 5.10 Å². The Labute approximate surface area is 152 Å². The van der Waals surface area contributed by atoms with Gasteiger partial charge in [0.05, 0.1) is 6.54 Å². The van der Waals surface area contributed by atoms with Gasteiger partial charge in [0.25, 0.3) is 11.5 Å². The Bertz CT molecular complexity index is 838. The number of benzene rings is 1. The van der Waals surface area contributed by atoms with E-state index in [4.69, 9.17) is 0 Å². The molecule has 2 N–H and O–H groups in total. The first kappa shape index (κ1) is 19.4. The number of unbranched alkanes of at least 4 members (excludes halogenated alkanes) is 1. The number of aryl methyl sites for hydroxylation is 3. The smallest absolute Gasteiger partial charge is 0.272 e. The van der Waals surface area contributed by atoms with Gasteiger partial charge in [-0.1, -0.05) is 31.5 Å². The SMILES string of the molecule is CCCCn1nc(C(=O)NCC(=O)Nc2c(C)cccc2C)ccc1=O. The maximum absolute atomic E-state index is 12.2. The van der Waals surface area contributed by atoms with Crippen molar-refractivity contribution in [3.63, 3.8) is 0 Å². The second kappa shape index (κ2) is 8.94. The number of anilines is 1. The molecule has 0 radical (unpaired) electrons. The highest BCUT2D eigenvalue weighted by Crippen LogP contribution is 2.18. The van der Waals surface area contributed by atoms with Crippen molar-refractivity contribution < 1.29 is 9.59 Å². The molecule has 1 heterocycles. The fourth-order valence-electron chi connectivity index (χ4n) is 2.48. The first-order valence-corrected chi connectivity index (χ1v) is 8.64. The number of para-hydroxylation sites is 1. The Kier molecular flexibility index (Phi) is 6.66. The van der Waals surface area contributed by atoms with Gasteiger partial charge >= 0.3 is 0 Å². The van der Waals surface area contributed by atoms with E-state index in [1.54, 1.807) is 0 Å². The molecule has 0 bridgehead atoms. The molecule has 7 heteroatoms. The molecular weight excluding hydrogens is 332 g/mol. The van der Waals surface area contributed by atoms with E-state index < -0.39 is 5.91 Å². The van der Waals surface area contributed by atoms with Crippen LogP contribution in [0.1, 0.15) is 41.4 Å². The van der Waals surface area contributed by atoms with Crippen LogP contribution >= 0.6 is 0 Å². The molecule has 0 saturated heterocycles. The Hall–Kier alpha value is -2.96. The molecule has 0 aliphatic carbocycles. The molecule has 2 amide bonds. The first-order valence-electron chi connectivity index (χ1n) is 8.64. The zero-order valence-corrected chi connectivity index (χ0v) is 15.3. The van der Waals surface area contributed by atoms with Crippen molar-refractivity contribution in [1.29, 1.82) is 0 Å². The fraction of sp³-hybridized carbons (Fsp3) is 0.368. The Morgan fingerprint density at radius 1 is 1.12 bits per heavy atom. The van der Waals surface area contributed by atoms with Gasteiger partial charge < -0.3 is 10.6 Å². The summed E-state index contributed by atoms with van der Waals surface area (Å²) < 4.78 is 1.27. The molecule has 0 aliphatic heterocycles. The van der Waals surface area contributed by atoms with Crippen molar-refractivity contribution in [2.75, 3.05) is 11.9 Å². The largest absolute Gasteiger partial charge is 0.342 e. The van der Waals surface area contributed by atoms with Crippen LogP contribution in [0.4, 0.5) is 5.69 Å². The number of amides is 2. The molecule has 0 unspecified atom stereocenters. The van der Waals surface area contributed by atoms with Gasteiger partial charge in [-0.3, -0.25) is 14.4 Å². The molecule has 7 nitrogen and oxygen atoms in total. The molecule has 2 aromatic rings. The normalized spacial score (nSPS) is 10.4. The second-order valence-electron chi connectivity index (χ2n) is 6.13. The van der Waals surface area contributed by atoms with Gasteiger partial charge in [0.1, 0.15) is 5.69 Å². The van der Waals surface area contributed by atoms with Gasteiger partial charge in [0.15, 0.2) is 0 Å². The molecule has 0 fully saturated rings. The molecule has 2 rings (SSSR count). The van der Waals surface area contributed by atoms with Crippen LogP contribution < -0.4 is 16.2 Å². The van der Waals surface area contributed by atoms with E-state index in [0.717, 1.165) is 29.7 Å². The maximum Gasteiger partial charge on any atom is 0.272 e. The van der Waals surface area contributed by atoms with E-state index in [-0.39, 0.29) is 23.7 Å². The third-order valence-corrected chi connectivity index (χ3v) is 3.98.